The molecule has 1 aromatic carbocycles. The van der Waals surface area contributed by atoms with Crippen LogP contribution in [0.15, 0.2) is 12.1 Å². The summed E-state index contributed by atoms with van der Waals surface area (Å²) in [7, 11) is 0. The van der Waals surface area contributed by atoms with Crippen molar-refractivity contribution in [1.29, 1.82) is 0 Å². The largest absolute Gasteiger partial charge is 0.483 e. The molecule has 0 aliphatic rings. The summed E-state index contributed by atoms with van der Waals surface area (Å²) in [5.41, 5.74) is 3.17. The zero-order valence-corrected chi connectivity index (χ0v) is 11.7. The highest BCUT2D eigenvalue weighted by Gasteiger charge is 2.13. The molecular weight excluding hydrogens is 240 g/mol. The van der Waals surface area contributed by atoms with Gasteiger partial charge in [0.1, 0.15) is 0 Å². The summed E-state index contributed by atoms with van der Waals surface area (Å²) in [5, 5.41) is 1.19. The van der Waals surface area contributed by atoms with Crippen molar-refractivity contribution in [2.45, 2.75) is 33.6 Å². The van der Waals surface area contributed by atoms with Crippen LogP contribution >= 0.6 is 23.8 Å². The Bertz CT molecular complexity index is 399. The third-order valence-corrected chi connectivity index (χ3v) is 3.37. The minimum absolute atomic E-state index is 0.465. The first-order valence-electron chi connectivity index (χ1n) is 5.45. The van der Waals surface area contributed by atoms with Crippen molar-refractivity contribution in [3.63, 3.8) is 0 Å². The van der Waals surface area contributed by atoms with Gasteiger partial charge in [0.15, 0.2) is 5.05 Å². The molecule has 0 bridgehead atoms. The van der Waals surface area contributed by atoms with E-state index >= 15 is 0 Å². The summed E-state index contributed by atoms with van der Waals surface area (Å²) in [6.07, 6.45) is 0. The average molecular weight is 257 g/mol. The molecule has 0 saturated carbocycles. The molecule has 0 aliphatic heterocycles. The highest BCUT2D eigenvalue weighted by atomic mass is 35.5. The SMILES string of the molecule is CCOC(=S)c1ccc(C(C)C)c(C)c1Cl. The van der Waals surface area contributed by atoms with Crippen LogP contribution in [0.1, 0.15) is 43.4 Å². The number of hydrogen-bond acceptors (Lipinski definition) is 2. The van der Waals surface area contributed by atoms with E-state index in [1.54, 1.807) is 0 Å². The Morgan fingerprint density at radius 1 is 1.44 bits per heavy atom. The first-order chi connectivity index (χ1) is 7.49. The van der Waals surface area contributed by atoms with Crippen LogP contribution in [-0.2, 0) is 4.74 Å². The van der Waals surface area contributed by atoms with E-state index in [1.807, 2.05) is 19.9 Å². The number of ether oxygens (including phenoxy) is 1. The summed E-state index contributed by atoms with van der Waals surface area (Å²) < 4.78 is 5.31. The van der Waals surface area contributed by atoms with Gasteiger partial charge < -0.3 is 4.74 Å². The van der Waals surface area contributed by atoms with Gasteiger partial charge in [-0.1, -0.05) is 31.5 Å². The Morgan fingerprint density at radius 3 is 2.56 bits per heavy atom. The number of halogens is 1. The van der Waals surface area contributed by atoms with Gasteiger partial charge in [0.25, 0.3) is 0 Å². The van der Waals surface area contributed by atoms with Gasteiger partial charge in [-0.15, -0.1) is 0 Å². The van der Waals surface area contributed by atoms with Crippen LogP contribution in [0, 0.1) is 6.92 Å². The number of hydrogen-bond donors (Lipinski definition) is 0. The number of rotatable bonds is 3. The van der Waals surface area contributed by atoms with Crippen LogP contribution in [0.25, 0.3) is 0 Å². The second kappa shape index (κ2) is 5.65. The topological polar surface area (TPSA) is 9.23 Å². The van der Waals surface area contributed by atoms with E-state index in [1.165, 1.54) is 5.56 Å². The van der Waals surface area contributed by atoms with Crippen molar-refractivity contribution in [1.82, 2.24) is 0 Å². The minimum atomic E-state index is 0.465. The van der Waals surface area contributed by atoms with Crippen LogP contribution in [0.4, 0.5) is 0 Å². The molecule has 88 valence electrons. The lowest BCUT2D eigenvalue weighted by molar-refractivity contribution is 0.337. The maximum atomic E-state index is 6.31. The third-order valence-electron chi connectivity index (χ3n) is 2.55. The molecule has 0 spiro atoms. The van der Waals surface area contributed by atoms with Gasteiger partial charge in [-0.3, -0.25) is 0 Å². The highest BCUT2D eigenvalue weighted by Crippen LogP contribution is 2.29. The number of benzene rings is 1. The standard InChI is InChI=1S/C13H17ClOS/c1-5-15-13(16)11-7-6-10(8(2)3)9(4)12(11)14/h6-8H,5H2,1-4H3. The highest BCUT2D eigenvalue weighted by molar-refractivity contribution is 7.80. The van der Waals surface area contributed by atoms with Crippen LogP contribution in [-0.4, -0.2) is 11.7 Å². The molecule has 1 rings (SSSR count). The molecule has 0 atom stereocenters. The quantitative estimate of drug-likeness (QED) is 0.738. The van der Waals surface area contributed by atoms with Gasteiger partial charge >= 0.3 is 0 Å². The van der Waals surface area contributed by atoms with Crippen LogP contribution in [0.2, 0.25) is 5.02 Å². The molecule has 0 fully saturated rings. The Kier molecular flexibility index (Phi) is 4.75. The van der Waals surface area contributed by atoms with Crippen molar-refractivity contribution in [2.24, 2.45) is 0 Å². The Hall–Kier alpha value is -0.600. The van der Waals surface area contributed by atoms with E-state index in [4.69, 9.17) is 28.6 Å². The Morgan fingerprint density at radius 2 is 2.06 bits per heavy atom. The summed E-state index contributed by atoms with van der Waals surface area (Å²) in [6.45, 7) is 8.81. The van der Waals surface area contributed by atoms with Crippen molar-refractivity contribution in [3.05, 3.63) is 33.8 Å². The molecule has 0 heterocycles. The maximum absolute atomic E-state index is 6.31. The third kappa shape index (κ3) is 2.74. The first-order valence-corrected chi connectivity index (χ1v) is 6.23. The van der Waals surface area contributed by atoms with E-state index in [0.29, 0.717) is 22.6 Å². The molecule has 0 saturated heterocycles. The molecular formula is C13H17ClOS. The summed E-state index contributed by atoms with van der Waals surface area (Å²) in [4.78, 5) is 0. The molecule has 3 heteroatoms. The molecule has 0 radical (unpaired) electrons. The molecule has 0 unspecified atom stereocenters. The molecule has 1 aromatic rings. The lowest BCUT2D eigenvalue weighted by Gasteiger charge is -2.14. The predicted octanol–water partition coefficient (Wildman–Crippen LogP) is 4.48. The van der Waals surface area contributed by atoms with Gasteiger partial charge in [0, 0.05) is 5.56 Å². The zero-order valence-electron chi connectivity index (χ0n) is 10.1. The fourth-order valence-corrected chi connectivity index (χ4v) is 2.29. The van der Waals surface area contributed by atoms with Crippen molar-refractivity contribution in [2.75, 3.05) is 6.61 Å². The van der Waals surface area contributed by atoms with Gasteiger partial charge in [-0.05, 0) is 49.2 Å². The smallest absolute Gasteiger partial charge is 0.192 e. The number of thiocarbonyl (C=S) groups is 1. The monoisotopic (exact) mass is 256 g/mol. The van der Waals surface area contributed by atoms with Gasteiger partial charge in [-0.2, -0.15) is 0 Å². The second-order valence-corrected chi connectivity index (χ2v) is 4.77. The van der Waals surface area contributed by atoms with E-state index in [-0.39, 0.29) is 0 Å². The molecule has 0 aromatic heterocycles. The Balaban J connectivity index is 3.16. The van der Waals surface area contributed by atoms with E-state index in [0.717, 1.165) is 11.1 Å². The lowest BCUT2D eigenvalue weighted by atomic mass is 9.96. The van der Waals surface area contributed by atoms with Crippen LogP contribution in [0.5, 0.6) is 0 Å². The van der Waals surface area contributed by atoms with Crippen LogP contribution in [0.3, 0.4) is 0 Å². The molecule has 1 nitrogen and oxygen atoms in total. The summed E-state index contributed by atoms with van der Waals surface area (Å²) in [6, 6.07) is 4.02. The fourth-order valence-electron chi connectivity index (χ4n) is 1.69. The maximum Gasteiger partial charge on any atom is 0.192 e. The average Bonchev–Trinajstić information content (AvgIpc) is 2.21. The first kappa shape index (κ1) is 13.5. The van der Waals surface area contributed by atoms with Crippen molar-refractivity contribution >= 4 is 28.9 Å². The summed E-state index contributed by atoms with van der Waals surface area (Å²) >= 11 is 11.5. The normalized spacial score (nSPS) is 10.6. The molecule has 0 amide bonds. The molecule has 0 N–H and O–H groups in total. The fraction of sp³-hybridized carbons (Fsp3) is 0.462. The zero-order chi connectivity index (χ0) is 12.3. The molecule has 16 heavy (non-hydrogen) atoms. The van der Waals surface area contributed by atoms with E-state index in [9.17, 15) is 0 Å². The Labute approximate surface area is 108 Å². The second-order valence-electron chi connectivity index (χ2n) is 4.02. The minimum Gasteiger partial charge on any atom is -0.483 e. The van der Waals surface area contributed by atoms with Crippen molar-refractivity contribution in [3.8, 4) is 0 Å². The molecule has 0 aliphatic carbocycles. The summed E-state index contributed by atoms with van der Waals surface area (Å²) in [5.74, 6) is 0.465. The van der Waals surface area contributed by atoms with E-state index < -0.39 is 0 Å². The van der Waals surface area contributed by atoms with Crippen molar-refractivity contribution < 1.29 is 4.74 Å². The lowest BCUT2D eigenvalue weighted by Crippen LogP contribution is -2.06. The van der Waals surface area contributed by atoms with Gasteiger partial charge in [0.2, 0.25) is 0 Å². The van der Waals surface area contributed by atoms with Gasteiger partial charge in [-0.25, -0.2) is 0 Å². The van der Waals surface area contributed by atoms with Gasteiger partial charge in [0.05, 0.1) is 11.6 Å². The van der Waals surface area contributed by atoms with Crippen LogP contribution < -0.4 is 0 Å². The van der Waals surface area contributed by atoms with E-state index in [2.05, 4.69) is 19.9 Å². The predicted molar refractivity (Wildman–Crippen MR) is 73.6 cm³/mol.